The van der Waals surface area contributed by atoms with Gasteiger partial charge in [0.05, 0.1) is 6.54 Å². The van der Waals surface area contributed by atoms with Crippen molar-refractivity contribution in [1.29, 1.82) is 0 Å². The third kappa shape index (κ3) is 6.32. The predicted molar refractivity (Wildman–Crippen MR) is 130 cm³/mol. The van der Waals surface area contributed by atoms with E-state index in [9.17, 15) is 0 Å². The van der Waals surface area contributed by atoms with Crippen molar-refractivity contribution < 1.29 is 0 Å². The number of hydrogen-bond donors (Lipinski definition) is 2. The predicted octanol–water partition coefficient (Wildman–Crippen LogP) is 2.92. The molecule has 1 aromatic carbocycles. The second kappa shape index (κ2) is 11.4. The van der Waals surface area contributed by atoms with E-state index in [0.29, 0.717) is 6.04 Å². The fourth-order valence-corrected chi connectivity index (χ4v) is 3.95. The van der Waals surface area contributed by atoms with Crippen LogP contribution >= 0.6 is 24.0 Å². The molecule has 1 aliphatic heterocycles. The second-order valence-corrected chi connectivity index (χ2v) is 8.04. The third-order valence-electron chi connectivity index (χ3n) is 6.17. The van der Waals surface area contributed by atoms with Crippen LogP contribution in [0.1, 0.15) is 39.2 Å². The van der Waals surface area contributed by atoms with Gasteiger partial charge in [0.2, 0.25) is 0 Å². The number of rotatable bonds is 8. The Labute approximate surface area is 188 Å². The monoisotopic (exact) mass is 499 g/mol. The van der Waals surface area contributed by atoms with Gasteiger partial charge < -0.3 is 15.5 Å². The third-order valence-corrected chi connectivity index (χ3v) is 6.17. The van der Waals surface area contributed by atoms with Crippen LogP contribution in [0, 0.1) is 0 Å². The van der Waals surface area contributed by atoms with E-state index >= 15 is 0 Å². The van der Waals surface area contributed by atoms with Gasteiger partial charge in [0.25, 0.3) is 0 Å². The first-order valence-corrected chi connectivity index (χ1v) is 10.7. The van der Waals surface area contributed by atoms with Gasteiger partial charge in [-0.05, 0) is 38.8 Å². The molecule has 0 aromatic heterocycles. The number of likely N-dealkylation sites (N-methyl/N-ethyl adjacent to an activating group) is 1. The Morgan fingerprint density at radius 3 is 2.32 bits per heavy atom. The minimum absolute atomic E-state index is 0. The Bertz CT molecular complexity index is 594. The van der Waals surface area contributed by atoms with Crippen molar-refractivity contribution in [1.82, 2.24) is 20.4 Å². The van der Waals surface area contributed by atoms with Crippen LogP contribution in [0.3, 0.4) is 0 Å². The van der Waals surface area contributed by atoms with Gasteiger partial charge in [-0.1, -0.05) is 37.3 Å². The first-order valence-electron chi connectivity index (χ1n) is 10.7. The summed E-state index contributed by atoms with van der Waals surface area (Å²) in [5, 5.41) is 7.00. The largest absolute Gasteiger partial charge is 0.357 e. The lowest BCUT2D eigenvalue weighted by Gasteiger charge is -2.37. The molecular weight excluding hydrogens is 461 g/mol. The quantitative estimate of drug-likeness (QED) is 0.328. The number of piperazine rings is 1. The normalized spacial score (nSPS) is 20.9. The molecule has 0 bridgehead atoms. The van der Waals surface area contributed by atoms with Gasteiger partial charge >= 0.3 is 0 Å². The molecule has 0 spiro atoms. The Balaban J connectivity index is 0.00000280. The van der Waals surface area contributed by atoms with Crippen LogP contribution in [-0.2, 0) is 5.41 Å². The smallest absolute Gasteiger partial charge is 0.191 e. The van der Waals surface area contributed by atoms with Gasteiger partial charge in [0, 0.05) is 50.7 Å². The molecule has 6 heteroatoms. The summed E-state index contributed by atoms with van der Waals surface area (Å²) in [5.74, 6) is 0.957. The molecule has 1 aromatic rings. The van der Waals surface area contributed by atoms with Crippen LogP contribution in [-0.4, -0.2) is 74.2 Å². The fourth-order valence-electron chi connectivity index (χ4n) is 3.95. The topological polar surface area (TPSA) is 42.9 Å². The average molecular weight is 499 g/mol. The number of aliphatic imine (C=N–C) groups is 1. The summed E-state index contributed by atoms with van der Waals surface area (Å²) >= 11 is 0. The zero-order valence-electron chi connectivity index (χ0n) is 17.8. The number of hydrogen-bond acceptors (Lipinski definition) is 3. The highest BCUT2D eigenvalue weighted by Gasteiger charge is 2.44. The lowest BCUT2D eigenvalue weighted by Crippen LogP contribution is -2.53. The summed E-state index contributed by atoms with van der Waals surface area (Å²) in [6.45, 7) is 15.3. The number of nitrogens with zero attached hydrogens (tertiary/aromatic N) is 3. The zero-order valence-corrected chi connectivity index (χ0v) is 20.1. The van der Waals surface area contributed by atoms with Gasteiger partial charge in [-0.3, -0.25) is 9.89 Å². The molecule has 0 amide bonds. The molecule has 1 unspecified atom stereocenters. The van der Waals surface area contributed by atoms with E-state index in [2.05, 4.69) is 71.5 Å². The van der Waals surface area contributed by atoms with Crippen molar-refractivity contribution in [3.63, 3.8) is 0 Å². The molecule has 1 saturated heterocycles. The van der Waals surface area contributed by atoms with Crippen LogP contribution < -0.4 is 10.6 Å². The van der Waals surface area contributed by atoms with Gasteiger partial charge in [0.15, 0.2) is 5.96 Å². The fraction of sp³-hybridized carbons (Fsp3) is 0.682. The Hall–Kier alpha value is -0.860. The standard InChI is InChI=1S/C22H37N5.HI/c1-4-23-21(24-17-19(3)27-15-13-26(5-2)14-16-27)25-18-22(11-12-22)20-9-7-6-8-10-20;/h6-10,19H,4-5,11-18H2,1-3H3,(H2,23,24,25);1H. The van der Waals surface area contributed by atoms with Crippen LogP contribution in [0.2, 0.25) is 0 Å². The van der Waals surface area contributed by atoms with E-state index < -0.39 is 0 Å². The lowest BCUT2D eigenvalue weighted by atomic mass is 9.96. The number of halogens is 1. The summed E-state index contributed by atoms with van der Waals surface area (Å²) in [6, 6.07) is 11.4. The second-order valence-electron chi connectivity index (χ2n) is 8.04. The molecule has 28 heavy (non-hydrogen) atoms. The average Bonchev–Trinajstić information content (AvgIpc) is 3.52. The summed E-state index contributed by atoms with van der Waals surface area (Å²) in [6.07, 6.45) is 2.50. The van der Waals surface area contributed by atoms with Gasteiger partial charge in [0.1, 0.15) is 0 Å². The summed E-state index contributed by atoms with van der Waals surface area (Å²) in [7, 11) is 0. The van der Waals surface area contributed by atoms with Crippen molar-refractivity contribution in [3.05, 3.63) is 35.9 Å². The zero-order chi connectivity index (χ0) is 19.1. The first-order chi connectivity index (χ1) is 13.2. The van der Waals surface area contributed by atoms with Crippen LogP contribution in [0.25, 0.3) is 0 Å². The van der Waals surface area contributed by atoms with Crippen molar-refractivity contribution in [2.75, 3.05) is 52.4 Å². The van der Waals surface area contributed by atoms with Gasteiger partial charge in [-0.25, -0.2) is 0 Å². The molecule has 0 radical (unpaired) electrons. The first kappa shape index (κ1) is 23.4. The minimum Gasteiger partial charge on any atom is -0.357 e. The number of nitrogens with one attached hydrogen (secondary N) is 2. The molecule has 5 nitrogen and oxygen atoms in total. The van der Waals surface area contributed by atoms with E-state index in [-0.39, 0.29) is 29.4 Å². The van der Waals surface area contributed by atoms with Gasteiger partial charge in [-0.15, -0.1) is 24.0 Å². The Morgan fingerprint density at radius 1 is 1.07 bits per heavy atom. The van der Waals surface area contributed by atoms with E-state index in [1.807, 2.05) is 0 Å². The molecular formula is C22H38IN5. The van der Waals surface area contributed by atoms with Crippen molar-refractivity contribution in [2.24, 2.45) is 4.99 Å². The summed E-state index contributed by atoms with van der Waals surface area (Å²) < 4.78 is 0. The number of benzene rings is 1. The molecule has 2 fully saturated rings. The van der Waals surface area contributed by atoms with Crippen LogP contribution in [0.5, 0.6) is 0 Å². The van der Waals surface area contributed by atoms with Crippen molar-refractivity contribution in [3.8, 4) is 0 Å². The van der Waals surface area contributed by atoms with Gasteiger partial charge in [-0.2, -0.15) is 0 Å². The molecule has 1 aliphatic carbocycles. The molecule has 2 aliphatic rings. The van der Waals surface area contributed by atoms with E-state index in [1.54, 1.807) is 0 Å². The molecule has 1 heterocycles. The SMILES string of the molecule is CCNC(=NCC1(c2ccccc2)CC1)NCC(C)N1CCN(CC)CC1.I. The van der Waals surface area contributed by atoms with E-state index in [4.69, 9.17) is 4.99 Å². The molecule has 158 valence electrons. The number of guanidine groups is 1. The summed E-state index contributed by atoms with van der Waals surface area (Å²) in [4.78, 5) is 10.1. The maximum atomic E-state index is 4.93. The highest BCUT2D eigenvalue weighted by atomic mass is 127. The van der Waals surface area contributed by atoms with E-state index in [0.717, 1.165) is 25.6 Å². The Morgan fingerprint density at radius 2 is 1.75 bits per heavy atom. The molecule has 1 saturated carbocycles. The minimum atomic E-state index is 0. The summed E-state index contributed by atoms with van der Waals surface area (Å²) in [5.41, 5.74) is 1.71. The highest BCUT2D eigenvalue weighted by Crippen LogP contribution is 2.48. The van der Waals surface area contributed by atoms with E-state index in [1.165, 1.54) is 51.1 Å². The maximum absolute atomic E-state index is 4.93. The van der Waals surface area contributed by atoms with Crippen molar-refractivity contribution >= 4 is 29.9 Å². The van der Waals surface area contributed by atoms with Crippen molar-refractivity contribution in [2.45, 2.75) is 45.1 Å². The maximum Gasteiger partial charge on any atom is 0.191 e. The van der Waals surface area contributed by atoms with Crippen LogP contribution in [0.15, 0.2) is 35.3 Å². The lowest BCUT2D eigenvalue weighted by molar-refractivity contribution is 0.107. The molecule has 1 atom stereocenters. The van der Waals surface area contributed by atoms with Crippen LogP contribution in [0.4, 0.5) is 0 Å². The molecule has 3 rings (SSSR count). The highest BCUT2D eigenvalue weighted by molar-refractivity contribution is 14.0. The molecule has 2 N–H and O–H groups in total. The Kier molecular flexibility index (Phi) is 9.50.